The standard InChI is InChI=1S/C15H20BrNO/c16-13-7-3-2-6-12(13)10-14(18)15(11-17)8-4-1-5-9-15/h2-3,6-7H,1,4-5,8-11,17H2. The SMILES string of the molecule is NCC1(C(=O)Cc2ccccc2Br)CCCCC1. The van der Waals surface area contributed by atoms with Crippen LogP contribution in [0.2, 0.25) is 0 Å². The highest BCUT2D eigenvalue weighted by Gasteiger charge is 2.37. The Morgan fingerprint density at radius 3 is 2.50 bits per heavy atom. The summed E-state index contributed by atoms with van der Waals surface area (Å²) in [6.07, 6.45) is 5.94. The van der Waals surface area contributed by atoms with Crippen LogP contribution in [-0.4, -0.2) is 12.3 Å². The van der Waals surface area contributed by atoms with Crippen molar-refractivity contribution in [3.8, 4) is 0 Å². The van der Waals surface area contributed by atoms with Crippen LogP contribution in [0.5, 0.6) is 0 Å². The van der Waals surface area contributed by atoms with Crippen molar-refractivity contribution < 1.29 is 4.79 Å². The van der Waals surface area contributed by atoms with Crippen LogP contribution in [0.1, 0.15) is 37.7 Å². The molecule has 0 amide bonds. The molecule has 2 rings (SSSR count). The van der Waals surface area contributed by atoms with E-state index in [-0.39, 0.29) is 5.41 Å². The van der Waals surface area contributed by atoms with Gasteiger partial charge in [-0.2, -0.15) is 0 Å². The van der Waals surface area contributed by atoms with Crippen molar-refractivity contribution in [1.29, 1.82) is 0 Å². The molecule has 0 saturated heterocycles. The number of ketones is 1. The zero-order chi connectivity index (χ0) is 13.0. The normalized spacial score (nSPS) is 18.6. The molecule has 1 fully saturated rings. The molecule has 0 atom stereocenters. The van der Waals surface area contributed by atoms with Crippen molar-refractivity contribution in [3.63, 3.8) is 0 Å². The predicted molar refractivity (Wildman–Crippen MR) is 77.4 cm³/mol. The Bertz CT molecular complexity index is 424. The number of halogens is 1. The highest BCUT2D eigenvalue weighted by atomic mass is 79.9. The van der Waals surface area contributed by atoms with Crippen LogP contribution >= 0.6 is 15.9 Å². The number of rotatable bonds is 4. The van der Waals surface area contributed by atoms with Gasteiger partial charge in [0.05, 0.1) is 0 Å². The minimum absolute atomic E-state index is 0.256. The lowest BCUT2D eigenvalue weighted by Crippen LogP contribution is -2.41. The summed E-state index contributed by atoms with van der Waals surface area (Å²) in [7, 11) is 0. The number of benzene rings is 1. The first kappa shape index (κ1) is 13.8. The van der Waals surface area contributed by atoms with Gasteiger partial charge in [-0.3, -0.25) is 4.79 Å². The van der Waals surface area contributed by atoms with Crippen LogP contribution in [0.3, 0.4) is 0 Å². The highest BCUT2D eigenvalue weighted by molar-refractivity contribution is 9.10. The molecule has 2 N–H and O–H groups in total. The number of Topliss-reactive ketones (excluding diaryl/α,β-unsaturated/α-hetero) is 1. The molecular weight excluding hydrogens is 290 g/mol. The molecule has 0 bridgehead atoms. The Labute approximate surface area is 117 Å². The van der Waals surface area contributed by atoms with Gasteiger partial charge in [-0.25, -0.2) is 0 Å². The molecule has 98 valence electrons. The van der Waals surface area contributed by atoms with E-state index in [2.05, 4.69) is 15.9 Å². The fourth-order valence-electron chi connectivity index (χ4n) is 2.83. The van der Waals surface area contributed by atoms with Gasteiger partial charge in [0.15, 0.2) is 0 Å². The van der Waals surface area contributed by atoms with E-state index in [0.29, 0.717) is 18.7 Å². The van der Waals surface area contributed by atoms with Crippen LogP contribution in [-0.2, 0) is 11.2 Å². The predicted octanol–water partition coefficient (Wildman–Crippen LogP) is 3.47. The highest BCUT2D eigenvalue weighted by Crippen LogP contribution is 2.37. The van der Waals surface area contributed by atoms with Crippen molar-refractivity contribution in [3.05, 3.63) is 34.3 Å². The van der Waals surface area contributed by atoms with E-state index < -0.39 is 0 Å². The van der Waals surface area contributed by atoms with Gasteiger partial charge in [0.1, 0.15) is 5.78 Å². The van der Waals surface area contributed by atoms with Crippen LogP contribution in [0.15, 0.2) is 28.7 Å². The lowest BCUT2D eigenvalue weighted by molar-refractivity contribution is -0.129. The maximum Gasteiger partial charge on any atom is 0.144 e. The number of carbonyl (C=O) groups excluding carboxylic acids is 1. The maximum atomic E-state index is 12.6. The fraction of sp³-hybridized carbons (Fsp3) is 0.533. The van der Waals surface area contributed by atoms with E-state index in [9.17, 15) is 4.79 Å². The molecule has 1 aromatic rings. The number of carbonyl (C=O) groups is 1. The van der Waals surface area contributed by atoms with Gasteiger partial charge in [0.25, 0.3) is 0 Å². The van der Waals surface area contributed by atoms with Gasteiger partial charge in [0.2, 0.25) is 0 Å². The first-order chi connectivity index (χ1) is 8.68. The van der Waals surface area contributed by atoms with Crippen molar-refractivity contribution in [1.82, 2.24) is 0 Å². The Morgan fingerprint density at radius 2 is 1.89 bits per heavy atom. The summed E-state index contributed by atoms with van der Waals surface area (Å²) in [6, 6.07) is 7.94. The summed E-state index contributed by atoms with van der Waals surface area (Å²) >= 11 is 3.50. The van der Waals surface area contributed by atoms with Crippen LogP contribution < -0.4 is 5.73 Å². The third kappa shape index (κ3) is 2.83. The van der Waals surface area contributed by atoms with Crippen molar-refractivity contribution in [2.24, 2.45) is 11.1 Å². The minimum atomic E-state index is -0.256. The van der Waals surface area contributed by atoms with Crippen LogP contribution in [0.25, 0.3) is 0 Å². The van der Waals surface area contributed by atoms with E-state index in [1.54, 1.807) is 0 Å². The number of hydrogen-bond donors (Lipinski definition) is 1. The third-order valence-corrected chi connectivity index (χ3v) is 4.88. The van der Waals surface area contributed by atoms with Gasteiger partial charge in [0, 0.05) is 22.9 Å². The van der Waals surface area contributed by atoms with Crippen molar-refractivity contribution >= 4 is 21.7 Å². The monoisotopic (exact) mass is 309 g/mol. The second-order valence-corrected chi connectivity index (χ2v) is 6.09. The Hall–Kier alpha value is -0.670. The smallest absolute Gasteiger partial charge is 0.144 e. The largest absolute Gasteiger partial charge is 0.329 e. The first-order valence-electron chi connectivity index (χ1n) is 6.65. The fourth-order valence-corrected chi connectivity index (χ4v) is 3.25. The summed E-state index contributed by atoms with van der Waals surface area (Å²) in [5.74, 6) is 0.316. The summed E-state index contributed by atoms with van der Waals surface area (Å²) in [6.45, 7) is 0.496. The van der Waals surface area contributed by atoms with Gasteiger partial charge >= 0.3 is 0 Å². The lowest BCUT2D eigenvalue weighted by atomic mass is 9.70. The molecule has 0 heterocycles. The summed E-state index contributed by atoms with van der Waals surface area (Å²) in [5, 5.41) is 0. The Morgan fingerprint density at radius 1 is 1.22 bits per heavy atom. The number of hydrogen-bond acceptors (Lipinski definition) is 2. The van der Waals surface area contributed by atoms with Crippen molar-refractivity contribution in [2.75, 3.05) is 6.54 Å². The molecule has 1 aromatic carbocycles. The molecule has 0 radical (unpaired) electrons. The quantitative estimate of drug-likeness (QED) is 0.925. The molecule has 0 spiro atoms. The van der Waals surface area contributed by atoms with E-state index in [1.165, 1.54) is 6.42 Å². The van der Waals surface area contributed by atoms with Crippen LogP contribution in [0.4, 0.5) is 0 Å². The maximum absolute atomic E-state index is 12.6. The molecule has 18 heavy (non-hydrogen) atoms. The summed E-state index contributed by atoms with van der Waals surface area (Å²) in [5.41, 5.74) is 6.71. The molecule has 0 aromatic heterocycles. The molecule has 1 aliphatic carbocycles. The molecule has 1 aliphatic rings. The molecule has 3 heteroatoms. The zero-order valence-corrected chi connectivity index (χ0v) is 12.2. The molecule has 0 aliphatic heterocycles. The Balaban J connectivity index is 2.13. The molecule has 0 unspecified atom stereocenters. The van der Waals surface area contributed by atoms with Crippen LogP contribution in [0, 0.1) is 5.41 Å². The first-order valence-corrected chi connectivity index (χ1v) is 7.44. The minimum Gasteiger partial charge on any atom is -0.329 e. The Kier molecular flexibility index (Phi) is 4.57. The third-order valence-electron chi connectivity index (χ3n) is 4.10. The van der Waals surface area contributed by atoms with Crippen molar-refractivity contribution in [2.45, 2.75) is 38.5 Å². The van der Waals surface area contributed by atoms with Gasteiger partial charge in [-0.1, -0.05) is 53.4 Å². The molecule has 1 saturated carbocycles. The van der Waals surface area contributed by atoms with Gasteiger partial charge in [-0.15, -0.1) is 0 Å². The summed E-state index contributed by atoms with van der Waals surface area (Å²) < 4.78 is 1.02. The van der Waals surface area contributed by atoms with E-state index >= 15 is 0 Å². The number of nitrogens with two attached hydrogens (primary N) is 1. The molecular formula is C15H20BrNO. The molecule has 2 nitrogen and oxygen atoms in total. The van der Waals surface area contributed by atoms with Gasteiger partial charge < -0.3 is 5.73 Å². The van der Waals surface area contributed by atoms with E-state index in [4.69, 9.17) is 5.73 Å². The second kappa shape index (κ2) is 5.98. The average Bonchev–Trinajstić information content (AvgIpc) is 2.42. The average molecular weight is 310 g/mol. The van der Waals surface area contributed by atoms with E-state index in [1.807, 2.05) is 24.3 Å². The lowest BCUT2D eigenvalue weighted by Gasteiger charge is -2.34. The second-order valence-electron chi connectivity index (χ2n) is 5.24. The van der Waals surface area contributed by atoms with E-state index in [0.717, 1.165) is 35.7 Å². The summed E-state index contributed by atoms with van der Waals surface area (Å²) in [4.78, 5) is 12.6. The topological polar surface area (TPSA) is 43.1 Å². The van der Waals surface area contributed by atoms with Gasteiger partial charge in [-0.05, 0) is 24.5 Å². The zero-order valence-electron chi connectivity index (χ0n) is 10.6.